The summed E-state index contributed by atoms with van der Waals surface area (Å²) in [6, 6.07) is 15.2. The molecule has 1 fully saturated rings. The third-order valence-electron chi connectivity index (χ3n) is 5.22. The molecule has 0 amide bonds. The van der Waals surface area contributed by atoms with Crippen LogP contribution < -0.4 is 5.43 Å². The standard InChI is InChI=1S/C23H26N4O3S2/c1-17(2)19-8-6-18(7-9-19)15-24-26-23-25-22(16-31-23)20-4-3-5-21(14-20)32(28,29)27-10-12-30-13-11-27/h3-9,14-17H,10-13H2,1-2H3,(H,25,26)/b24-15-. The molecule has 1 aromatic heterocycles. The molecule has 0 bridgehead atoms. The first kappa shape index (κ1) is 22.6. The summed E-state index contributed by atoms with van der Waals surface area (Å²) in [7, 11) is -3.55. The summed E-state index contributed by atoms with van der Waals surface area (Å²) >= 11 is 1.41. The van der Waals surface area contributed by atoms with Crippen LogP contribution in [0, 0.1) is 0 Å². The summed E-state index contributed by atoms with van der Waals surface area (Å²) in [6.45, 7) is 5.91. The van der Waals surface area contributed by atoms with Gasteiger partial charge in [0.2, 0.25) is 15.2 Å². The molecule has 7 nitrogen and oxygen atoms in total. The number of hydrogen-bond donors (Lipinski definition) is 1. The van der Waals surface area contributed by atoms with Gasteiger partial charge in [0, 0.05) is 24.0 Å². The van der Waals surface area contributed by atoms with Crippen LogP contribution in [-0.2, 0) is 14.8 Å². The highest BCUT2D eigenvalue weighted by atomic mass is 32.2. The molecule has 0 unspecified atom stereocenters. The van der Waals surface area contributed by atoms with Crippen molar-refractivity contribution in [3.05, 3.63) is 65.0 Å². The number of nitrogens with zero attached hydrogens (tertiary/aromatic N) is 3. The van der Waals surface area contributed by atoms with Gasteiger partial charge in [-0.3, -0.25) is 5.43 Å². The Kier molecular flexibility index (Phi) is 7.00. The number of thiazole rings is 1. The molecule has 0 spiro atoms. The first-order valence-electron chi connectivity index (χ1n) is 10.5. The van der Waals surface area contributed by atoms with E-state index >= 15 is 0 Å². The molecule has 2 heterocycles. The molecular formula is C23H26N4O3S2. The number of anilines is 1. The van der Waals surface area contributed by atoms with E-state index in [0.717, 1.165) is 11.1 Å². The zero-order valence-electron chi connectivity index (χ0n) is 18.1. The molecule has 1 N–H and O–H groups in total. The van der Waals surface area contributed by atoms with E-state index in [9.17, 15) is 8.42 Å². The Hall–Kier alpha value is -2.59. The summed E-state index contributed by atoms with van der Waals surface area (Å²) in [4.78, 5) is 4.82. The van der Waals surface area contributed by atoms with Crippen molar-refractivity contribution in [2.45, 2.75) is 24.7 Å². The van der Waals surface area contributed by atoms with Crippen molar-refractivity contribution in [1.29, 1.82) is 0 Å². The number of ether oxygens (including phenoxy) is 1. The van der Waals surface area contributed by atoms with E-state index in [4.69, 9.17) is 4.74 Å². The molecule has 0 aliphatic carbocycles. The lowest BCUT2D eigenvalue weighted by Crippen LogP contribution is -2.40. The third-order valence-corrected chi connectivity index (χ3v) is 7.86. The third kappa shape index (κ3) is 5.24. The maximum absolute atomic E-state index is 12.9. The van der Waals surface area contributed by atoms with E-state index in [0.29, 0.717) is 43.0 Å². The molecule has 0 saturated carbocycles. The van der Waals surface area contributed by atoms with Crippen LogP contribution in [0.3, 0.4) is 0 Å². The van der Waals surface area contributed by atoms with Gasteiger partial charge in [-0.15, -0.1) is 11.3 Å². The van der Waals surface area contributed by atoms with E-state index in [1.807, 2.05) is 23.6 Å². The molecule has 32 heavy (non-hydrogen) atoms. The van der Waals surface area contributed by atoms with Gasteiger partial charge in [-0.25, -0.2) is 13.4 Å². The van der Waals surface area contributed by atoms with Gasteiger partial charge in [0.25, 0.3) is 0 Å². The largest absolute Gasteiger partial charge is 0.379 e. The first-order valence-corrected chi connectivity index (χ1v) is 12.8. The topological polar surface area (TPSA) is 83.9 Å². The van der Waals surface area contributed by atoms with Crippen LogP contribution in [0.5, 0.6) is 0 Å². The van der Waals surface area contributed by atoms with E-state index in [-0.39, 0.29) is 4.90 Å². The zero-order valence-corrected chi connectivity index (χ0v) is 19.7. The van der Waals surface area contributed by atoms with Crippen LogP contribution in [0.4, 0.5) is 5.13 Å². The van der Waals surface area contributed by atoms with Crippen LogP contribution in [0.25, 0.3) is 11.3 Å². The second-order valence-corrected chi connectivity index (χ2v) is 10.6. The van der Waals surface area contributed by atoms with Crippen molar-refractivity contribution in [1.82, 2.24) is 9.29 Å². The van der Waals surface area contributed by atoms with Crippen LogP contribution in [0.2, 0.25) is 0 Å². The van der Waals surface area contributed by atoms with Crippen molar-refractivity contribution in [2.75, 3.05) is 31.7 Å². The van der Waals surface area contributed by atoms with Gasteiger partial charge in [-0.1, -0.05) is 50.2 Å². The summed E-state index contributed by atoms with van der Waals surface area (Å²) in [5, 5.41) is 6.79. The maximum Gasteiger partial charge on any atom is 0.243 e. The van der Waals surface area contributed by atoms with Crippen LogP contribution >= 0.6 is 11.3 Å². The fourth-order valence-corrected chi connectivity index (χ4v) is 5.46. The van der Waals surface area contributed by atoms with Crippen LogP contribution in [0.15, 0.2) is 63.9 Å². The van der Waals surface area contributed by atoms with Crippen molar-refractivity contribution in [3.63, 3.8) is 0 Å². The van der Waals surface area contributed by atoms with Gasteiger partial charge in [0.15, 0.2) is 0 Å². The predicted octanol–water partition coefficient (Wildman–Crippen LogP) is 4.40. The summed E-state index contributed by atoms with van der Waals surface area (Å²) in [5.74, 6) is 0.496. The highest BCUT2D eigenvalue weighted by Gasteiger charge is 2.26. The summed E-state index contributed by atoms with van der Waals surface area (Å²) < 4.78 is 32.6. The molecule has 1 aliphatic rings. The molecule has 3 aromatic rings. The van der Waals surface area contributed by atoms with Crippen molar-refractivity contribution >= 4 is 32.7 Å². The van der Waals surface area contributed by atoms with Crippen LogP contribution in [-0.4, -0.2) is 50.2 Å². The second kappa shape index (κ2) is 9.91. The fourth-order valence-electron chi connectivity index (χ4n) is 3.34. The van der Waals surface area contributed by atoms with Gasteiger partial charge in [0.05, 0.1) is 30.0 Å². The average molecular weight is 471 g/mol. The Morgan fingerprint density at radius 3 is 2.62 bits per heavy atom. The average Bonchev–Trinajstić information content (AvgIpc) is 3.29. The Morgan fingerprint density at radius 1 is 1.16 bits per heavy atom. The van der Waals surface area contributed by atoms with Crippen molar-refractivity contribution in [3.8, 4) is 11.3 Å². The SMILES string of the molecule is CC(C)c1ccc(/C=N\Nc2nc(-c3cccc(S(=O)(=O)N4CCOCC4)c3)cs2)cc1. The number of sulfonamides is 1. The highest BCUT2D eigenvalue weighted by Crippen LogP contribution is 2.28. The fraction of sp³-hybridized carbons (Fsp3) is 0.304. The van der Waals surface area contributed by atoms with E-state index in [1.54, 1.807) is 24.4 Å². The number of hydrazone groups is 1. The molecule has 0 atom stereocenters. The van der Waals surface area contributed by atoms with Crippen LogP contribution in [0.1, 0.15) is 30.9 Å². The minimum atomic E-state index is -3.55. The lowest BCUT2D eigenvalue weighted by atomic mass is 10.0. The van der Waals surface area contributed by atoms with Gasteiger partial charge in [-0.05, 0) is 29.2 Å². The minimum absolute atomic E-state index is 0.266. The Labute approximate surface area is 192 Å². The Morgan fingerprint density at radius 2 is 1.91 bits per heavy atom. The first-order chi connectivity index (χ1) is 15.4. The van der Waals surface area contributed by atoms with Crippen molar-refractivity contribution < 1.29 is 13.2 Å². The number of rotatable bonds is 7. The molecule has 4 rings (SSSR count). The van der Waals surface area contributed by atoms with E-state index in [2.05, 4.69) is 41.5 Å². The van der Waals surface area contributed by atoms with Gasteiger partial charge >= 0.3 is 0 Å². The van der Waals surface area contributed by atoms with E-state index in [1.165, 1.54) is 21.2 Å². The molecular weight excluding hydrogens is 444 g/mol. The molecule has 9 heteroatoms. The van der Waals surface area contributed by atoms with Gasteiger partial charge < -0.3 is 4.74 Å². The Bertz CT molecular complexity index is 1180. The Balaban J connectivity index is 1.45. The monoisotopic (exact) mass is 470 g/mol. The smallest absolute Gasteiger partial charge is 0.243 e. The number of hydrogen-bond acceptors (Lipinski definition) is 7. The molecule has 168 valence electrons. The predicted molar refractivity (Wildman–Crippen MR) is 129 cm³/mol. The van der Waals surface area contributed by atoms with E-state index < -0.39 is 10.0 Å². The quantitative estimate of drug-likeness (QED) is 0.409. The number of aromatic nitrogens is 1. The molecule has 1 aliphatic heterocycles. The van der Waals surface area contributed by atoms with Gasteiger partial charge in [0.1, 0.15) is 0 Å². The highest BCUT2D eigenvalue weighted by molar-refractivity contribution is 7.89. The summed E-state index contributed by atoms with van der Waals surface area (Å²) in [5.41, 5.74) is 6.69. The number of benzene rings is 2. The zero-order chi connectivity index (χ0) is 22.6. The van der Waals surface area contributed by atoms with Crippen molar-refractivity contribution in [2.24, 2.45) is 5.10 Å². The van der Waals surface area contributed by atoms with Gasteiger partial charge in [-0.2, -0.15) is 9.41 Å². The molecule has 1 saturated heterocycles. The molecule has 2 aromatic carbocycles. The summed E-state index contributed by atoms with van der Waals surface area (Å²) in [6.07, 6.45) is 1.75. The number of morpholine rings is 1. The minimum Gasteiger partial charge on any atom is -0.379 e. The maximum atomic E-state index is 12.9. The second-order valence-electron chi connectivity index (χ2n) is 7.77. The number of nitrogens with one attached hydrogen (secondary N) is 1. The normalized spacial score (nSPS) is 15.5. The molecule has 0 radical (unpaired) electrons. The lowest BCUT2D eigenvalue weighted by molar-refractivity contribution is 0.0730. The lowest BCUT2D eigenvalue weighted by Gasteiger charge is -2.26.